The van der Waals surface area contributed by atoms with Crippen LogP contribution in [0.4, 0.5) is 0 Å². The molecule has 1 aromatic rings. The Kier molecular flexibility index (Phi) is 9.25. The van der Waals surface area contributed by atoms with E-state index >= 15 is 0 Å². The number of esters is 1. The normalized spacial score (nSPS) is 12.3. The number of aryl methyl sites for hydroxylation is 2. The lowest BCUT2D eigenvalue weighted by molar-refractivity contribution is -0.129. The van der Waals surface area contributed by atoms with Crippen LogP contribution in [-0.2, 0) is 22.5 Å². The van der Waals surface area contributed by atoms with Gasteiger partial charge in [-0.2, -0.15) is 5.10 Å². The fraction of sp³-hybridized carbons (Fsp3) is 0.579. The van der Waals surface area contributed by atoms with E-state index in [1.807, 2.05) is 13.8 Å². The van der Waals surface area contributed by atoms with Gasteiger partial charge >= 0.3 is 11.9 Å². The summed E-state index contributed by atoms with van der Waals surface area (Å²) in [5, 5.41) is 13.5. The number of ether oxygens (including phenoxy) is 1. The first-order valence-electron chi connectivity index (χ1n) is 9.26. The van der Waals surface area contributed by atoms with Crippen LogP contribution in [0.5, 0.6) is 0 Å². The van der Waals surface area contributed by atoms with E-state index in [9.17, 15) is 9.59 Å². The van der Waals surface area contributed by atoms with E-state index in [2.05, 4.69) is 10.1 Å². The standard InChI is InChI=1S/C19H30N4O4/c1-5-23-17(19(26)27-6-2)15(14(4)22-23)10-8-7-9-11-21-16(18(24)25)12-13(3)20/h12H,5-11,20H2,1-4H3,(H,24,25). The number of aliphatic imine (C=N–C) groups is 1. The zero-order chi connectivity index (χ0) is 20.4. The molecule has 8 nitrogen and oxygen atoms in total. The van der Waals surface area contributed by atoms with Crippen molar-refractivity contribution in [3.05, 3.63) is 28.7 Å². The molecule has 0 aliphatic heterocycles. The van der Waals surface area contributed by atoms with E-state index in [1.54, 1.807) is 18.5 Å². The van der Waals surface area contributed by atoms with Crippen molar-refractivity contribution in [3.63, 3.8) is 0 Å². The molecule has 8 heteroatoms. The summed E-state index contributed by atoms with van der Waals surface area (Å²) < 4.78 is 6.85. The molecule has 0 unspecified atom stereocenters. The molecule has 0 saturated carbocycles. The van der Waals surface area contributed by atoms with Gasteiger partial charge in [0.1, 0.15) is 11.4 Å². The van der Waals surface area contributed by atoms with E-state index < -0.39 is 5.97 Å². The predicted octanol–water partition coefficient (Wildman–Crippen LogP) is 2.49. The summed E-state index contributed by atoms with van der Waals surface area (Å²) >= 11 is 0. The number of carboxylic acids is 1. The number of aromatic nitrogens is 2. The summed E-state index contributed by atoms with van der Waals surface area (Å²) in [6.07, 6.45) is 4.55. The first kappa shape index (κ1) is 22.4. The van der Waals surface area contributed by atoms with Gasteiger partial charge in [0, 0.05) is 24.4 Å². The van der Waals surface area contributed by atoms with Crippen molar-refractivity contribution in [3.8, 4) is 0 Å². The highest BCUT2D eigenvalue weighted by molar-refractivity contribution is 6.40. The van der Waals surface area contributed by atoms with Gasteiger partial charge in [-0.05, 0) is 53.0 Å². The Morgan fingerprint density at radius 2 is 2.00 bits per heavy atom. The van der Waals surface area contributed by atoms with Crippen LogP contribution in [0.15, 0.2) is 16.8 Å². The molecule has 0 spiro atoms. The van der Waals surface area contributed by atoms with Crippen LogP contribution in [-0.4, -0.2) is 45.7 Å². The number of nitrogens with zero attached hydrogens (tertiary/aromatic N) is 3. The Hall–Kier alpha value is -2.64. The molecule has 1 rings (SSSR count). The van der Waals surface area contributed by atoms with Crippen LogP contribution >= 0.6 is 0 Å². The molecule has 0 atom stereocenters. The molecule has 0 bridgehead atoms. The van der Waals surface area contributed by atoms with E-state index in [4.69, 9.17) is 15.6 Å². The first-order chi connectivity index (χ1) is 12.8. The van der Waals surface area contributed by atoms with E-state index in [-0.39, 0.29) is 11.7 Å². The van der Waals surface area contributed by atoms with Crippen molar-refractivity contribution in [2.45, 2.75) is 59.9 Å². The Morgan fingerprint density at radius 3 is 2.56 bits per heavy atom. The maximum atomic E-state index is 12.2. The third-order valence-electron chi connectivity index (χ3n) is 3.97. The Bertz CT molecular complexity index is 716. The lowest BCUT2D eigenvalue weighted by Gasteiger charge is -2.07. The molecule has 3 N–H and O–H groups in total. The quantitative estimate of drug-likeness (QED) is 0.347. The summed E-state index contributed by atoms with van der Waals surface area (Å²) in [5.41, 5.74) is 8.19. The molecule has 150 valence electrons. The van der Waals surface area contributed by atoms with Crippen LogP contribution in [0, 0.1) is 6.92 Å². The van der Waals surface area contributed by atoms with Gasteiger partial charge in [-0.15, -0.1) is 0 Å². The van der Waals surface area contributed by atoms with E-state index in [0.717, 1.165) is 36.9 Å². The highest BCUT2D eigenvalue weighted by atomic mass is 16.5. The highest BCUT2D eigenvalue weighted by Crippen LogP contribution is 2.18. The fourth-order valence-electron chi connectivity index (χ4n) is 2.76. The summed E-state index contributed by atoms with van der Waals surface area (Å²) in [6.45, 7) is 8.60. The minimum absolute atomic E-state index is 0.0281. The lowest BCUT2D eigenvalue weighted by Crippen LogP contribution is -2.14. The molecule has 0 aromatic carbocycles. The smallest absolute Gasteiger partial charge is 0.356 e. The van der Waals surface area contributed by atoms with Crippen molar-refractivity contribution in [2.75, 3.05) is 13.2 Å². The number of carbonyl (C=O) groups is 2. The number of allylic oxidation sites excluding steroid dienone is 1. The van der Waals surface area contributed by atoms with Gasteiger partial charge in [-0.3, -0.25) is 9.67 Å². The Morgan fingerprint density at radius 1 is 1.30 bits per heavy atom. The second kappa shape index (κ2) is 11.2. The monoisotopic (exact) mass is 378 g/mol. The number of carbonyl (C=O) groups excluding carboxylic acids is 1. The zero-order valence-electron chi connectivity index (χ0n) is 16.6. The average Bonchev–Trinajstić information content (AvgIpc) is 2.92. The van der Waals surface area contributed by atoms with Gasteiger partial charge in [0.05, 0.1) is 12.3 Å². The molecule has 0 amide bonds. The van der Waals surface area contributed by atoms with Crippen molar-refractivity contribution in [1.82, 2.24) is 9.78 Å². The average molecular weight is 378 g/mol. The van der Waals surface area contributed by atoms with Crippen LogP contribution in [0.1, 0.15) is 61.8 Å². The topological polar surface area (TPSA) is 120 Å². The summed E-state index contributed by atoms with van der Waals surface area (Å²) in [6, 6.07) is 0. The maximum Gasteiger partial charge on any atom is 0.356 e. The van der Waals surface area contributed by atoms with Gasteiger partial charge in [-0.25, -0.2) is 9.59 Å². The molecule has 0 saturated heterocycles. The van der Waals surface area contributed by atoms with Crippen LogP contribution < -0.4 is 5.73 Å². The summed E-state index contributed by atoms with van der Waals surface area (Å²) in [4.78, 5) is 27.4. The number of carboxylic acid groups (broad SMARTS) is 1. The number of unbranched alkanes of at least 4 members (excludes halogenated alkanes) is 2. The largest absolute Gasteiger partial charge is 0.477 e. The molecule has 27 heavy (non-hydrogen) atoms. The molecule has 0 aliphatic rings. The van der Waals surface area contributed by atoms with Crippen LogP contribution in [0.2, 0.25) is 0 Å². The number of hydrogen-bond donors (Lipinski definition) is 2. The first-order valence-corrected chi connectivity index (χ1v) is 9.26. The number of aliphatic carboxylic acids is 1. The Balaban J connectivity index is 2.65. The summed E-state index contributed by atoms with van der Waals surface area (Å²) in [5.74, 6) is -1.42. The third-order valence-corrected chi connectivity index (χ3v) is 3.97. The van der Waals surface area contributed by atoms with Gasteiger partial charge in [0.15, 0.2) is 0 Å². The zero-order valence-corrected chi connectivity index (χ0v) is 16.6. The second-order valence-corrected chi connectivity index (χ2v) is 6.22. The molecular formula is C19H30N4O4. The highest BCUT2D eigenvalue weighted by Gasteiger charge is 2.21. The predicted molar refractivity (Wildman–Crippen MR) is 104 cm³/mol. The van der Waals surface area contributed by atoms with Crippen molar-refractivity contribution < 1.29 is 19.4 Å². The third kappa shape index (κ3) is 6.88. The van der Waals surface area contributed by atoms with Gasteiger partial charge in [0.25, 0.3) is 0 Å². The van der Waals surface area contributed by atoms with Crippen LogP contribution in [0.25, 0.3) is 0 Å². The van der Waals surface area contributed by atoms with E-state index in [0.29, 0.717) is 31.1 Å². The second-order valence-electron chi connectivity index (χ2n) is 6.22. The maximum absolute atomic E-state index is 12.2. The van der Waals surface area contributed by atoms with Gasteiger partial charge in [0.2, 0.25) is 0 Å². The molecule has 0 fully saturated rings. The number of rotatable bonds is 11. The van der Waals surface area contributed by atoms with Crippen molar-refractivity contribution in [1.29, 1.82) is 0 Å². The van der Waals surface area contributed by atoms with Crippen molar-refractivity contribution >= 4 is 17.7 Å². The molecule has 0 radical (unpaired) electrons. The van der Waals surface area contributed by atoms with Crippen molar-refractivity contribution in [2.24, 2.45) is 10.7 Å². The van der Waals surface area contributed by atoms with E-state index in [1.165, 1.54) is 6.08 Å². The minimum Gasteiger partial charge on any atom is -0.477 e. The SMILES string of the molecule is CCOC(=O)c1c(CCCCCN=C(C=C(C)N)C(=O)O)c(C)nn1CC. The number of nitrogens with two attached hydrogens (primary N) is 1. The molecule has 1 heterocycles. The fourth-order valence-corrected chi connectivity index (χ4v) is 2.76. The lowest BCUT2D eigenvalue weighted by atomic mass is 10.0. The summed E-state index contributed by atoms with van der Waals surface area (Å²) in [7, 11) is 0. The molecule has 1 aromatic heterocycles. The van der Waals surface area contributed by atoms with Crippen LogP contribution in [0.3, 0.4) is 0 Å². The Labute approximate surface area is 160 Å². The van der Waals surface area contributed by atoms with Gasteiger partial charge in [-0.1, -0.05) is 6.42 Å². The molecular weight excluding hydrogens is 348 g/mol. The number of hydrogen-bond acceptors (Lipinski definition) is 6. The minimum atomic E-state index is -1.08. The van der Waals surface area contributed by atoms with Gasteiger partial charge < -0.3 is 15.6 Å². The molecule has 0 aliphatic carbocycles.